The van der Waals surface area contributed by atoms with Gasteiger partial charge >= 0.3 is 0 Å². The molecule has 0 bridgehead atoms. The topological polar surface area (TPSA) is 3.24 Å². The van der Waals surface area contributed by atoms with Gasteiger partial charge in [-0.05, 0) is 57.5 Å². The molecular weight excluding hydrogens is 286 g/mol. The van der Waals surface area contributed by atoms with Crippen molar-refractivity contribution in [2.24, 2.45) is 5.92 Å². The molecule has 1 aliphatic carbocycles. The first kappa shape index (κ1) is 14.8. The zero-order chi connectivity index (χ0) is 12.8. The van der Waals surface area contributed by atoms with Gasteiger partial charge in [-0.15, -0.1) is 0 Å². The first-order valence-corrected chi connectivity index (χ1v) is 9.09. The van der Waals surface area contributed by atoms with E-state index in [1.54, 1.807) is 0 Å². The molecule has 0 unspecified atom stereocenters. The molecule has 2 heteroatoms. The molecule has 1 saturated heterocycles. The molecule has 0 spiro atoms. The van der Waals surface area contributed by atoms with E-state index in [9.17, 15) is 0 Å². The van der Waals surface area contributed by atoms with Gasteiger partial charge in [-0.3, -0.25) is 0 Å². The third-order valence-corrected chi connectivity index (χ3v) is 5.92. The number of hydrogen-bond donors (Lipinski definition) is 0. The minimum absolute atomic E-state index is 0.806. The van der Waals surface area contributed by atoms with Crippen LogP contribution in [-0.2, 0) is 0 Å². The molecule has 1 saturated carbocycles. The van der Waals surface area contributed by atoms with Crippen LogP contribution >= 0.6 is 15.9 Å². The van der Waals surface area contributed by atoms with Gasteiger partial charge in [0.1, 0.15) is 0 Å². The predicted molar refractivity (Wildman–Crippen MR) is 83.4 cm³/mol. The fourth-order valence-corrected chi connectivity index (χ4v) is 4.22. The highest BCUT2D eigenvalue weighted by Crippen LogP contribution is 2.31. The average Bonchev–Trinajstić information content (AvgIpc) is 2.41. The van der Waals surface area contributed by atoms with Crippen molar-refractivity contribution in [3.8, 4) is 0 Å². The predicted octanol–water partition coefficient (Wildman–Crippen LogP) is 4.98. The molecule has 0 atom stereocenters. The van der Waals surface area contributed by atoms with E-state index in [2.05, 4.69) is 27.8 Å². The highest BCUT2D eigenvalue weighted by Gasteiger charge is 2.27. The quantitative estimate of drug-likeness (QED) is 0.510. The number of rotatable bonds is 5. The Labute approximate surface area is 122 Å². The maximum absolute atomic E-state index is 3.77. The lowest BCUT2D eigenvalue weighted by molar-refractivity contribution is 0.105. The molecule has 0 aromatic rings. The number of halogens is 1. The lowest BCUT2D eigenvalue weighted by Crippen LogP contribution is -2.43. The average molecular weight is 316 g/mol. The van der Waals surface area contributed by atoms with Gasteiger partial charge in [0, 0.05) is 10.9 Å². The Kier molecular flexibility index (Phi) is 6.51. The maximum atomic E-state index is 3.77. The van der Waals surface area contributed by atoms with Crippen LogP contribution in [0.5, 0.6) is 0 Å². The molecule has 2 aliphatic rings. The first-order chi connectivity index (χ1) is 8.79. The number of hydrogen-bond acceptors (Lipinski definition) is 1. The Bertz CT molecular complexity index is 215. The summed E-state index contributed by atoms with van der Waals surface area (Å²) in [6, 6.07) is 0.912. The molecule has 1 heterocycles. The van der Waals surface area contributed by atoms with Gasteiger partial charge in [0.15, 0.2) is 0 Å². The monoisotopic (exact) mass is 315 g/mol. The van der Waals surface area contributed by atoms with Crippen LogP contribution in [0.3, 0.4) is 0 Å². The van der Waals surface area contributed by atoms with Gasteiger partial charge in [-0.2, -0.15) is 0 Å². The van der Waals surface area contributed by atoms with Crippen LogP contribution in [0, 0.1) is 5.92 Å². The SMILES string of the molecule is CCCCCC1CCN([C@H]2CC[C@H](Br)CC2)CC1. The van der Waals surface area contributed by atoms with Crippen LogP contribution in [0.2, 0.25) is 0 Å². The van der Waals surface area contributed by atoms with Crippen LogP contribution in [0.1, 0.15) is 71.1 Å². The van der Waals surface area contributed by atoms with Crippen LogP contribution in [0.4, 0.5) is 0 Å². The number of alkyl halides is 1. The number of nitrogens with zero attached hydrogens (tertiary/aromatic N) is 1. The van der Waals surface area contributed by atoms with Gasteiger partial charge in [-0.25, -0.2) is 0 Å². The number of likely N-dealkylation sites (tertiary alicyclic amines) is 1. The normalized spacial score (nSPS) is 31.7. The Morgan fingerprint density at radius 1 is 0.944 bits per heavy atom. The number of piperidine rings is 1. The van der Waals surface area contributed by atoms with Crippen LogP contribution in [0.25, 0.3) is 0 Å². The van der Waals surface area contributed by atoms with Crippen LogP contribution in [0.15, 0.2) is 0 Å². The van der Waals surface area contributed by atoms with Crippen molar-refractivity contribution in [1.82, 2.24) is 4.90 Å². The summed E-state index contributed by atoms with van der Waals surface area (Å²) in [7, 11) is 0. The van der Waals surface area contributed by atoms with E-state index in [4.69, 9.17) is 0 Å². The van der Waals surface area contributed by atoms with Crippen LogP contribution < -0.4 is 0 Å². The van der Waals surface area contributed by atoms with E-state index in [-0.39, 0.29) is 0 Å². The van der Waals surface area contributed by atoms with Gasteiger partial charge in [-0.1, -0.05) is 48.5 Å². The van der Waals surface area contributed by atoms with Crippen molar-refractivity contribution in [1.29, 1.82) is 0 Å². The summed E-state index contributed by atoms with van der Waals surface area (Å²) in [6.07, 6.45) is 14.3. The van der Waals surface area contributed by atoms with Crippen LogP contribution in [-0.4, -0.2) is 28.9 Å². The Balaban J connectivity index is 1.63. The molecule has 18 heavy (non-hydrogen) atoms. The molecular formula is C16H30BrN. The molecule has 0 aromatic carbocycles. The summed E-state index contributed by atoms with van der Waals surface area (Å²) < 4.78 is 0. The third-order valence-electron chi connectivity index (χ3n) is 5.01. The molecule has 2 rings (SSSR count). The Hall–Kier alpha value is 0.440. The lowest BCUT2D eigenvalue weighted by Gasteiger charge is -2.40. The van der Waals surface area contributed by atoms with E-state index in [1.807, 2.05) is 0 Å². The van der Waals surface area contributed by atoms with Crippen molar-refractivity contribution >= 4 is 15.9 Å². The second-order valence-corrected chi connectivity index (χ2v) is 7.68. The summed E-state index contributed by atoms with van der Waals surface area (Å²) in [4.78, 5) is 3.61. The van der Waals surface area contributed by atoms with Crippen molar-refractivity contribution < 1.29 is 0 Å². The van der Waals surface area contributed by atoms with Crippen molar-refractivity contribution in [2.75, 3.05) is 13.1 Å². The maximum Gasteiger partial charge on any atom is 0.0147 e. The summed E-state index contributed by atoms with van der Waals surface area (Å²) in [5.74, 6) is 1.04. The minimum atomic E-state index is 0.806. The number of unbranched alkanes of at least 4 members (excludes halogenated alkanes) is 2. The molecule has 0 amide bonds. The van der Waals surface area contributed by atoms with E-state index in [0.29, 0.717) is 0 Å². The van der Waals surface area contributed by atoms with Crippen molar-refractivity contribution in [3.63, 3.8) is 0 Å². The fourth-order valence-electron chi connectivity index (χ4n) is 3.69. The molecule has 1 aliphatic heterocycles. The Morgan fingerprint density at radius 3 is 2.22 bits per heavy atom. The van der Waals surface area contributed by atoms with E-state index >= 15 is 0 Å². The van der Waals surface area contributed by atoms with Crippen molar-refractivity contribution in [3.05, 3.63) is 0 Å². The summed E-state index contributed by atoms with van der Waals surface area (Å²) in [5.41, 5.74) is 0. The largest absolute Gasteiger partial charge is 0.300 e. The molecule has 2 fully saturated rings. The highest BCUT2D eigenvalue weighted by atomic mass is 79.9. The molecule has 0 N–H and O–H groups in total. The molecule has 106 valence electrons. The zero-order valence-electron chi connectivity index (χ0n) is 12.0. The summed E-state index contributed by atoms with van der Waals surface area (Å²) in [5, 5.41) is 0. The summed E-state index contributed by atoms with van der Waals surface area (Å²) in [6.45, 7) is 5.08. The molecule has 0 radical (unpaired) electrons. The van der Waals surface area contributed by atoms with Gasteiger partial charge < -0.3 is 4.90 Å². The van der Waals surface area contributed by atoms with E-state index < -0.39 is 0 Å². The summed E-state index contributed by atoms with van der Waals surface area (Å²) >= 11 is 3.77. The minimum Gasteiger partial charge on any atom is -0.300 e. The molecule has 1 nitrogen and oxygen atoms in total. The molecule has 0 aromatic heterocycles. The first-order valence-electron chi connectivity index (χ1n) is 8.17. The van der Waals surface area contributed by atoms with Crippen molar-refractivity contribution in [2.45, 2.75) is 82.0 Å². The standard InChI is InChI=1S/C16H30BrN/c1-2-3-4-5-14-10-12-18(13-11-14)16-8-6-15(17)7-9-16/h14-16H,2-13H2,1H3/t15-,16-. The van der Waals surface area contributed by atoms with Gasteiger partial charge in [0.2, 0.25) is 0 Å². The highest BCUT2D eigenvalue weighted by molar-refractivity contribution is 9.09. The third kappa shape index (κ3) is 4.52. The van der Waals surface area contributed by atoms with Gasteiger partial charge in [0.25, 0.3) is 0 Å². The zero-order valence-corrected chi connectivity index (χ0v) is 13.6. The second-order valence-electron chi connectivity index (χ2n) is 6.38. The smallest absolute Gasteiger partial charge is 0.0147 e. The fraction of sp³-hybridized carbons (Fsp3) is 1.00. The lowest BCUT2D eigenvalue weighted by atomic mass is 9.88. The second kappa shape index (κ2) is 7.89. The van der Waals surface area contributed by atoms with E-state index in [0.717, 1.165) is 16.8 Å². The Morgan fingerprint density at radius 2 is 1.61 bits per heavy atom. The van der Waals surface area contributed by atoms with Gasteiger partial charge in [0.05, 0.1) is 0 Å². The van der Waals surface area contributed by atoms with E-state index in [1.165, 1.54) is 77.3 Å².